The fraction of sp³-hybridized carbons (Fsp3) is 0.400. The lowest BCUT2D eigenvalue weighted by Crippen LogP contribution is -2.20. The number of aromatic nitrogens is 6. The van der Waals surface area contributed by atoms with E-state index in [-0.39, 0.29) is 0 Å². The molecule has 1 atom stereocenters. The molecule has 1 aliphatic rings. The third-order valence-corrected chi connectivity index (χ3v) is 4.17. The van der Waals surface area contributed by atoms with Gasteiger partial charge in [0, 0.05) is 50.2 Å². The molecule has 0 amide bonds. The van der Waals surface area contributed by atoms with Crippen LogP contribution < -0.4 is 4.90 Å². The maximum absolute atomic E-state index is 4.65. The van der Waals surface area contributed by atoms with Crippen molar-refractivity contribution in [1.82, 2.24) is 29.7 Å². The lowest BCUT2D eigenvalue weighted by atomic mass is 10.0. The number of hydrogen-bond donors (Lipinski definition) is 0. The second-order valence-electron chi connectivity index (χ2n) is 5.69. The van der Waals surface area contributed by atoms with Crippen LogP contribution in [0, 0.1) is 6.92 Å². The Morgan fingerprint density at radius 3 is 2.86 bits per heavy atom. The quantitative estimate of drug-likeness (QED) is 0.712. The minimum atomic E-state index is 0.357. The lowest BCUT2D eigenvalue weighted by molar-refractivity contribution is 0.692. The van der Waals surface area contributed by atoms with Crippen LogP contribution in [-0.4, -0.2) is 42.8 Å². The Morgan fingerprint density at radius 2 is 2.00 bits per heavy atom. The molecule has 112 valence electrons. The highest BCUT2D eigenvalue weighted by Gasteiger charge is 2.29. The molecule has 1 saturated heterocycles. The first-order chi connectivity index (χ1) is 10.7. The van der Waals surface area contributed by atoms with Crippen molar-refractivity contribution in [3.63, 3.8) is 0 Å². The van der Waals surface area contributed by atoms with E-state index < -0.39 is 0 Å². The molecule has 1 unspecified atom stereocenters. The molecule has 0 saturated carbocycles. The lowest BCUT2D eigenvalue weighted by Gasteiger charge is -2.17. The van der Waals surface area contributed by atoms with Crippen LogP contribution in [0.4, 0.5) is 5.82 Å². The van der Waals surface area contributed by atoms with Gasteiger partial charge in [0.15, 0.2) is 5.65 Å². The van der Waals surface area contributed by atoms with Gasteiger partial charge in [-0.15, -0.1) is 0 Å². The van der Waals surface area contributed by atoms with Gasteiger partial charge in [0.25, 0.3) is 0 Å². The first kappa shape index (κ1) is 13.1. The molecule has 22 heavy (non-hydrogen) atoms. The van der Waals surface area contributed by atoms with Crippen LogP contribution in [0.15, 0.2) is 24.8 Å². The number of hydrogen-bond acceptors (Lipinski definition) is 6. The van der Waals surface area contributed by atoms with Crippen molar-refractivity contribution in [3.8, 4) is 0 Å². The molecule has 4 heterocycles. The Kier molecular flexibility index (Phi) is 2.99. The van der Waals surface area contributed by atoms with Crippen molar-refractivity contribution in [2.24, 2.45) is 7.05 Å². The predicted octanol–water partition coefficient (Wildman–Crippen LogP) is 1.46. The molecule has 7 heteroatoms. The first-order valence-electron chi connectivity index (χ1n) is 7.39. The SMILES string of the molecule is Cc1cc(N2CCC(c3nn(C)c4nccnc34)C2)ncn1. The number of nitrogens with zero attached hydrogens (tertiary/aromatic N) is 7. The van der Waals surface area contributed by atoms with E-state index in [1.54, 1.807) is 18.7 Å². The molecule has 1 fully saturated rings. The van der Waals surface area contributed by atoms with Gasteiger partial charge in [-0.25, -0.2) is 24.6 Å². The normalized spacial score (nSPS) is 18.3. The van der Waals surface area contributed by atoms with Crippen molar-refractivity contribution >= 4 is 17.0 Å². The van der Waals surface area contributed by atoms with Crippen LogP contribution >= 0.6 is 0 Å². The zero-order chi connectivity index (χ0) is 15.1. The number of rotatable bonds is 2. The van der Waals surface area contributed by atoms with Gasteiger partial charge in [0.2, 0.25) is 0 Å². The molecular weight excluding hydrogens is 278 g/mol. The minimum absolute atomic E-state index is 0.357. The van der Waals surface area contributed by atoms with Gasteiger partial charge < -0.3 is 4.90 Å². The standard InChI is InChI=1S/C15H17N7/c1-10-7-12(19-9-18-10)22-6-3-11(8-22)13-14-15(21(2)20-13)17-5-4-16-14/h4-5,7,9,11H,3,6,8H2,1-2H3. The van der Waals surface area contributed by atoms with E-state index in [1.807, 2.05) is 24.7 Å². The topological polar surface area (TPSA) is 72.6 Å². The summed E-state index contributed by atoms with van der Waals surface area (Å²) in [7, 11) is 1.92. The van der Waals surface area contributed by atoms with E-state index in [9.17, 15) is 0 Å². The average molecular weight is 295 g/mol. The molecule has 0 N–H and O–H groups in total. The summed E-state index contributed by atoms with van der Waals surface area (Å²) in [5, 5.41) is 4.65. The zero-order valence-corrected chi connectivity index (χ0v) is 12.6. The first-order valence-corrected chi connectivity index (χ1v) is 7.39. The molecule has 7 nitrogen and oxygen atoms in total. The molecular formula is C15H17N7. The highest BCUT2D eigenvalue weighted by molar-refractivity contribution is 5.74. The van der Waals surface area contributed by atoms with Gasteiger partial charge in [-0.2, -0.15) is 5.10 Å². The van der Waals surface area contributed by atoms with Crippen LogP contribution in [0.3, 0.4) is 0 Å². The number of fused-ring (bicyclic) bond motifs is 1. The van der Waals surface area contributed by atoms with Gasteiger partial charge in [-0.3, -0.25) is 0 Å². The van der Waals surface area contributed by atoms with Crippen LogP contribution in [0.2, 0.25) is 0 Å². The van der Waals surface area contributed by atoms with Crippen molar-refractivity contribution < 1.29 is 0 Å². The zero-order valence-electron chi connectivity index (χ0n) is 12.6. The van der Waals surface area contributed by atoms with Gasteiger partial charge >= 0.3 is 0 Å². The highest BCUT2D eigenvalue weighted by atomic mass is 15.3. The molecule has 0 aliphatic carbocycles. The molecule has 1 aliphatic heterocycles. The van der Waals surface area contributed by atoms with E-state index in [2.05, 4.69) is 29.9 Å². The Balaban J connectivity index is 1.65. The Labute approximate surface area is 128 Å². The van der Waals surface area contributed by atoms with E-state index in [0.29, 0.717) is 5.92 Å². The molecule has 4 rings (SSSR count). The van der Waals surface area contributed by atoms with Crippen LogP contribution in [-0.2, 0) is 7.05 Å². The van der Waals surface area contributed by atoms with Crippen molar-refractivity contribution in [3.05, 3.63) is 36.2 Å². The molecule has 0 bridgehead atoms. The van der Waals surface area contributed by atoms with Crippen molar-refractivity contribution in [2.75, 3.05) is 18.0 Å². The minimum Gasteiger partial charge on any atom is -0.356 e. The van der Waals surface area contributed by atoms with Crippen LogP contribution in [0.1, 0.15) is 23.7 Å². The third kappa shape index (κ3) is 2.09. The highest BCUT2D eigenvalue weighted by Crippen LogP contribution is 2.31. The fourth-order valence-corrected chi connectivity index (χ4v) is 3.08. The Morgan fingerprint density at radius 1 is 1.14 bits per heavy atom. The third-order valence-electron chi connectivity index (χ3n) is 4.17. The van der Waals surface area contributed by atoms with E-state index in [4.69, 9.17) is 0 Å². The summed E-state index contributed by atoms with van der Waals surface area (Å²) in [5.41, 5.74) is 3.78. The summed E-state index contributed by atoms with van der Waals surface area (Å²) in [4.78, 5) is 19.7. The Bertz CT molecular complexity index is 826. The summed E-state index contributed by atoms with van der Waals surface area (Å²) in [6.07, 6.45) is 6.11. The van der Waals surface area contributed by atoms with Gasteiger partial charge in [-0.05, 0) is 13.3 Å². The molecule has 0 radical (unpaired) electrons. The summed E-state index contributed by atoms with van der Waals surface area (Å²) < 4.78 is 1.81. The van der Waals surface area contributed by atoms with Crippen LogP contribution in [0.25, 0.3) is 11.2 Å². The predicted molar refractivity (Wildman–Crippen MR) is 82.6 cm³/mol. The molecule has 3 aromatic rings. The monoisotopic (exact) mass is 295 g/mol. The summed E-state index contributed by atoms with van der Waals surface area (Å²) in [5.74, 6) is 1.34. The average Bonchev–Trinajstić information content (AvgIpc) is 3.13. The van der Waals surface area contributed by atoms with Gasteiger partial charge in [0.1, 0.15) is 17.7 Å². The van der Waals surface area contributed by atoms with Gasteiger partial charge in [0.05, 0.1) is 5.69 Å². The maximum atomic E-state index is 4.65. The molecule has 0 aromatic carbocycles. The fourth-order valence-electron chi connectivity index (χ4n) is 3.08. The van der Waals surface area contributed by atoms with Crippen molar-refractivity contribution in [2.45, 2.75) is 19.3 Å². The summed E-state index contributed by atoms with van der Waals surface area (Å²) >= 11 is 0. The molecule has 0 spiro atoms. The second-order valence-corrected chi connectivity index (χ2v) is 5.69. The smallest absolute Gasteiger partial charge is 0.176 e. The van der Waals surface area contributed by atoms with Crippen LogP contribution in [0.5, 0.6) is 0 Å². The van der Waals surface area contributed by atoms with Gasteiger partial charge in [-0.1, -0.05) is 0 Å². The molecule has 3 aromatic heterocycles. The largest absolute Gasteiger partial charge is 0.356 e. The van der Waals surface area contributed by atoms with Crippen molar-refractivity contribution in [1.29, 1.82) is 0 Å². The Hall–Kier alpha value is -2.57. The van der Waals surface area contributed by atoms with E-state index >= 15 is 0 Å². The summed E-state index contributed by atoms with van der Waals surface area (Å²) in [6, 6.07) is 2.03. The van der Waals surface area contributed by atoms with E-state index in [0.717, 1.165) is 47.9 Å². The maximum Gasteiger partial charge on any atom is 0.176 e. The number of aryl methyl sites for hydroxylation is 2. The van der Waals surface area contributed by atoms with E-state index in [1.165, 1.54) is 0 Å². The second kappa shape index (κ2) is 5.01. The number of anilines is 1. The summed E-state index contributed by atoms with van der Waals surface area (Å²) in [6.45, 7) is 3.86.